The van der Waals surface area contributed by atoms with Gasteiger partial charge >= 0.3 is 0 Å². The van der Waals surface area contributed by atoms with Crippen LogP contribution in [0.3, 0.4) is 0 Å². The molecule has 7 heteroatoms. The van der Waals surface area contributed by atoms with Crippen LogP contribution >= 0.6 is 0 Å². The van der Waals surface area contributed by atoms with E-state index in [2.05, 4.69) is 20.8 Å². The number of aromatic nitrogens is 4. The van der Waals surface area contributed by atoms with E-state index in [0.717, 1.165) is 37.2 Å². The Kier molecular flexibility index (Phi) is 4.77. The molecule has 2 aromatic heterocycles. The van der Waals surface area contributed by atoms with Gasteiger partial charge in [0.1, 0.15) is 5.54 Å². The first-order valence-electron chi connectivity index (χ1n) is 9.31. The standard InChI is InChI=1S/C20H24N6O/c1-16(17-4-6-18(7-5-17)25-14-2-10-22-25)24-19(27)20(8-12-21-13-9-20)26-15-3-11-23-26/h2-7,10-11,14-16,21H,8-9,12-13H2,1H3,(H,24,27). The van der Waals surface area contributed by atoms with Crippen molar-refractivity contribution in [2.24, 2.45) is 0 Å². The van der Waals surface area contributed by atoms with Gasteiger partial charge in [0.25, 0.3) is 0 Å². The molecule has 7 nitrogen and oxygen atoms in total. The topological polar surface area (TPSA) is 76.8 Å². The Morgan fingerprint density at radius 2 is 1.81 bits per heavy atom. The van der Waals surface area contributed by atoms with Gasteiger partial charge in [-0.3, -0.25) is 9.48 Å². The lowest BCUT2D eigenvalue weighted by Crippen LogP contribution is -2.55. The van der Waals surface area contributed by atoms with Gasteiger partial charge in [-0.05, 0) is 62.7 Å². The average Bonchev–Trinajstić information content (AvgIpc) is 3.43. The largest absolute Gasteiger partial charge is 0.347 e. The van der Waals surface area contributed by atoms with Crippen LogP contribution in [-0.4, -0.2) is 38.6 Å². The smallest absolute Gasteiger partial charge is 0.248 e. The predicted octanol–water partition coefficient (Wildman–Crippen LogP) is 2.02. The Bertz CT molecular complexity index is 864. The summed E-state index contributed by atoms with van der Waals surface area (Å²) in [6.45, 7) is 3.62. The van der Waals surface area contributed by atoms with Crippen LogP contribution in [-0.2, 0) is 10.3 Å². The zero-order valence-corrected chi connectivity index (χ0v) is 15.4. The molecule has 1 aliphatic heterocycles. The van der Waals surface area contributed by atoms with Gasteiger partial charge in [-0.25, -0.2) is 4.68 Å². The van der Waals surface area contributed by atoms with E-state index in [4.69, 9.17) is 0 Å². The normalized spacial score (nSPS) is 17.4. The zero-order chi connectivity index (χ0) is 18.7. The number of piperidine rings is 1. The van der Waals surface area contributed by atoms with Crippen LogP contribution in [0.4, 0.5) is 0 Å². The summed E-state index contributed by atoms with van der Waals surface area (Å²) < 4.78 is 3.63. The van der Waals surface area contributed by atoms with Crippen LogP contribution in [0.1, 0.15) is 31.4 Å². The molecule has 3 aromatic rings. The lowest BCUT2D eigenvalue weighted by Gasteiger charge is -2.37. The predicted molar refractivity (Wildman–Crippen MR) is 102 cm³/mol. The van der Waals surface area contributed by atoms with Crippen LogP contribution in [0.15, 0.2) is 61.2 Å². The van der Waals surface area contributed by atoms with E-state index >= 15 is 0 Å². The molecule has 0 radical (unpaired) electrons. The number of nitrogens with one attached hydrogen (secondary N) is 2. The Morgan fingerprint density at radius 3 is 2.44 bits per heavy atom. The maximum Gasteiger partial charge on any atom is 0.248 e. The van der Waals surface area contributed by atoms with Gasteiger partial charge in [-0.1, -0.05) is 12.1 Å². The van der Waals surface area contributed by atoms with Crippen molar-refractivity contribution in [3.05, 3.63) is 66.7 Å². The molecule has 1 amide bonds. The summed E-state index contributed by atoms with van der Waals surface area (Å²) in [6.07, 6.45) is 8.73. The molecule has 0 spiro atoms. The van der Waals surface area contributed by atoms with Crippen molar-refractivity contribution in [2.45, 2.75) is 31.3 Å². The first kappa shape index (κ1) is 17.5. The SMILES string of the molecule is CC(NC(=O)C1(n2cccn2)CCNCC1)c1ccc(-n2cccn2)cc1. The highest BCUT2D eigenvalue weighted by Crippen LogP contribution is 2.28. The number of rotatable bonds is 5. The second-order valence-corrected chi connectivity index (χ2v) is 6.97. The molecule has 0 saturated carbocycles. The number of carbonyl (C=O) groups is 1. The van der Waals surface area contributed by atoms with Crippen LogP contribution < -0.4 is 10.6 Å². The number of benzene rings is 1. The van der Waals surface area contributed by atoms with Crippen LogP contribution in [0.25, 0.3) is 5.69 Å². The van der Waals surface area contributed by atoms with Crippen molar-refractivity contribution in [1.29, 1.82) is 0 Å². The summed E-state index contributed by atoms with van der Waals surface area (Å²) >= 11 is 0. The van der Waals surface area contributed by atoms with Crippen molar-refractivity contribution in [3.8, 4) is 5.69 Å². The Labute approximate surface area is 158 Å². The third-order valence-corrected chi connectivity index (χ3v) is 5.31. The molecule has 3 heterocycles. The third-order valence-electron chi connectivity index (χ3n) is 5.31. The number of amides is 1. The second-order valence-electron chi connectivity index (χ2n) is 6.97. The summed E-state index contributed by atoms with van der Waals surface area (Å²) in [5, 5.41) is 15.1. The van der Waals surface area contributed by atoms with Crippen molar-refractivity contribution < 1.29 is 4.79 Å². The lowest BCUT2D eigenvalue weighted by molar-refractivity contribution is -0.132. The molecule has 1 saturated heterocycles. The maximum absolute atomic E-state index is 13.2. The molecule has 0 aliphatic carbocycles. The quantitative estimate of drug-likeness (QED) is 0.726. The highest BCUT2D eigenvalue weighted by molar-refractivity contribution is 5.85. The molecule has 1 fully saturated rings. The van der Waals surface area contributed by atoms with Crippen molar-refractivity contribution in [2.75, 3.05) is 13.1 Å². The van der Waals surface area contributed by atoms with Gasteiger partial charge in [0, 0.05) is 24.8 Å². The first-order chi connectivity index (χ1) is 13.2. The van der Waals surface area contributed by atoms with E-state index in [1.54, 1.807) is 12.4 Å². The minimum absolute atomic E-state index is 0.0244. The average molecular weight is 364 g/mol. The van der Waals surface area contributed by atoms with E-state index in [1.807, 2.05) is 65.1 Å². The molecule has 1 unspecified atom stereocenters. The first-order valence-corrected chi connectivity index (χ1v) is 9.31. The van der Waals surface area contributed by atoms with E-state index in [0.29, 0.717) is 0 Å². The van der Waals surface area contributed by atoms with Crippen LogP contribution in [0.5, 0.6) is 0 Å². The molecule has 27 heavy (non-hydrogen) atoms. The third kappa shape index (κ3) is 3.38. The van der Waals surface area contributed by atoms with Gasteiger partial charge in [-0.2, -0.15) is 10.2 Å². The molecule has 1 atom stereocenters. The lowest BCUT2D eigenvalue weighted by atomic mass is 9.87. The van der Waals surface area contributed by atoms with E-state index in [1.165, 1.54) is 0 Å². The Morgan fingerprint density at radius 1 is 1.11 bits per heavy atom. The summed E-state index contributed by atoms with van der Waals surface area (Å²) in [6, 6.07) is 11.8. The highest BCUT2D eigenvalue weighted by atomic mass is 16.2. The van der Waals surface area contributed by atoms with Crippen molar-refractivity contribution >= 4 is 5.91 Å². The summed E-state index contributed by atoms with van der Waals surface area (Å²) in [7, 11) is 0. The second kappa shape index (κ2) is 7.36. The van der Waals surface area contributed by atoms with Crippen LogP contribution in [0, 0.1) is 0 Å². The van der Waals surface area contributed by atoms with Gasteiger partial charge in [-0.15, -0.1) is 0 Å². The van der Waals surface area contributed by atoms with E-state index in [9.17, 15) is 4.79 Å². The van der Waals surface area contributed by atoms with Gasteiger partial charge in [0.05, 0.1) is 11.7 Å². The van der Waals surface area contributed by atoms with Crippen molar-refractivity contribution in [1.82, 2.24) is 30.2 Å². The van der Waals surface area contributed by atoms with Gasteiger partial charge < -0.3 is 10.6 Å². The van der Waals surface area contributed by atoms with E-state index in [-0.39, 0.29) is 11.9 Å². The number of hydrogen-bond acceptors (Lipinski definition) is 4. The summed E-state index contributed by atoms with van der Waals surface area (Å²) in [5.41, 5.74) is 1.43. The number of nitrogens with zero attached hydrogens (tertiary/aromatic N) is 4. The monoisotopic (exact) mass is 364 g/mol. The Hall–Kier alpha value is -2.93. The minimum Gasteiger partial charge on any atom is -0.347 e. The fraction of sp³-hybridized carbons (Fsp3) is 0.350. The molecule has 4 rings (SSSR count). The van der Waals surface area contributed by atoms with Crippen LogP contribution in [0.2, 0.25) is 0 Å². The van der Waals surface area contributed by atoms with Crippen molar-refractivity contribution in [3.63, 3.8) is 0 Å². The Balaban J connectivity index is 1.51. The summed E-state index contributed by atoms with van der Waals surface area (Å²) in [4.78, 5) is 13.2. The molecule has 2 N–H and O–H groups in total. The maximum atomic E-state index is 13.2. The molecule has 140 valence electrons. The molecule has 0 bridgehead atoms. The molecule has 1 aromatic carbocycles. The molecular formula is C20H24N6O. The zero-order valence-electron chi connectivity index (χ0n) is 15.4. The highest BCUT2D eigenvalue weighted by Gasteiger charge is 2.42. The summed E-state index contributed by atoms with van der Waals surface area (Å²) in [5.74, 6) is 0.0244. The van der Waals surface area contributed by atoms with Gasteiger partial charge in [0.15, 0.2) is 0 Å². The number of hydrogen-bond donors (Lipinski definition) is 2. The number of carbonyl (C=O) groups excluding carboxylic acids is 1. The fourth-order valence-electron chi connectivity index (χ4n) is 3.67. The fourth-order valence-corrected chi connectivity index (χ4v) is 3.67. The molecule has 1 aliphatic rings. The minimum atomic E-state index is -0.627. The van der Waals surface area contributed by atoms with Gasteiger partial charge in [0.2, 0.25) is 5.91 Å². The molecular weight excluding hydrogens is 340 g/mol. The van der Waals surface area contributed by atoms with E-state index < -0.39 is 5.54 Å².